The molecule has 1 saturated heterocycles. The van der Waals surface area contributed by atoms with Crippen molar-refractivity contribution in [2.75, 3.05) is 35.6 Å². The first-order chi connectivity index (χ1) is 21.2. The molecule has 0 spiro atoms. The van der Waals surface area contributed by atoms with Crippen molar-refractivity contribution in [3.63, 3.8) is 0 Å². The van der Waals surface area contributed by atoms with Crippen molar-refractivity contribution in [1.82, 2.24) is 39.6 Å². The second kappa shape index (κ2) is 12.3. The van der Waals surface area contributed by atoms with E-state index >= 15 is 0 Å². The number of benzene rings is 1. The van der Waals surface area contributed by atoms with Crippen LogP contribution in [0.4, 0.5) is 23.4 Å². The molecule has 0 unspecified atom stereocenters. The summed E-state index contributed by atoms with van der Waals surface area (Å²) < 4.78 is 7.89. The molecule has 4 N–H and O–H groups in total. The number of nitrogens with zero attached hydrogens (tertiary/aromatic N) is 7. The number of hydrogen-bond acceptors (Lipinski definition) is 10. The Labute approximate surface area is 255 Å². The molecule has 4 aromatic heterocycles. The lowest BCUT2D eigenvalue weighted by Crippen LogP contribution is -2.33. The molecule has 228 valence electrons. The standard InChI is InChI=1S/C31H37N11O2/c1-18(2)35-30-32-11-9-27(38-30)44-21-10-12-42(16-21)17-26(43)36-24-8-6-7-22-23(15-33-29(22)24)28-19(3)14-34-31(39-28)37-25-13-20(4)41(5)40-25/h6-9,11,13-15,18,21,33H,10,12,16-17H2,1-5H3,(H,36,43)(H,32,35,38)(H,34,37,39,40)/t21-/m0/s1. The van der Waals surface area contributed by atoms with Crippen LogP contribution in [0.3, 0.4) is 0 Å². The summed E-state index contributed by atoms with van der Waals surface area (Å²) in [5, 5.41) is 14.9. The quantitative estimate of drug-likeness (QED) is 0.183. The number of carbonyl (C=O) groups excluding carboxylic acids is 1. The second-order valence-electron chi connectivity index (χ2n) is 11.4. The number of anilines is 4. The van der Waals surface area contributed by atoms with Crippen LogP contribution >= 0.6 is 0 Å². The fraction of sp³-hybridized carbons (Fsp3) is 0.355. The Morgan fingerprint density at radius 2 is 2.02 bits per heavy atom. The zero-order chi connectivity index (χ0) is 30.8. The summed E-state index contributed by atoms with van der Waals surface area (Å²) in [6, 6.07) is 9.78. The minimum Gasteiger partial charge on any atom is -0.473 e. The van der Waals surface area contributed by atoms with Crippen LogP contribution in [-0.4, -0.2) is 77.3 Å². The molecule has 44 heavy (non-hydrogen) atoms. The normalized spacial score (nSPS) is 15.2. The fourth-order valence-corrected chi connectivity index (χ4v) is 5.30. The number of ether oxygens (including phenoxy) is 1. The van der Waals surface area contributed by atoms with Gasteiger partial charge in [-0.3, -0.25) is 14.4 Å². The van der Waals surface area contributed by atoms with Crippen molar-refractivity contribution in [2.45, 2.75) is 46.3 Å². The van der Waals surface area contributed by atoms with E-state index in [4.69, 9.17) is 9.72 Å². The first-order valence-corrected chi connectivity index (χ1v) is 14.7. The number of hydrogen-bond donors (Lipinski definition) is 4. The molecule has 13 nitrogen and oxygen atoms in total. The Kier molecular flexibility index (Phi) is 8.11. The molecule has 0 saturated carbocycles. The number of aromatic nitrogens is 7. The van der Waals surface area contributed by atoms with Gasteiger partial charge in [0, 0.05) is 73.5 Å². The van der Waals surface area contributed by atoms with E-state index in [-0.39, 0.29) is 24.6 Å². The van der Waals surface area contributed by atoms with Gasteiger partial charge in [0.2, 0.25) is 23.7 Å². The molecule has 1 atom stereocenters. The van der Waals surface area contributed by atoms with Gasteiger partial charge in [-0.1, -0.05) is 12.1 Å². The van der Waals surface area contributed by atoms with E-state index < -0.39 is 0 Å². The minimum atomic E-state index is -0.0879. The largest absolute Gasteiger partial charge is 0.473 e. The SMILES string of the molecule is Cc1cnc(Nc2cc(C)n(C)n2)nc1-c1c[nH]c2c(NC(=O)CN3CC[C@H](Oc4ccnc(NC(C)C)n4)C3)cccc12. The number of para-hydroxylation sites is 1. The summed E-state index contributed by atoms with van der Waals surface area (Å²) in [5.41, 5.74) is 5.23. The van der Waals surface area contributed by atoms with Crippen molar-refractivity contribution in [2.24, 2.45) is 7.05 Å². The minimum absolute atomic E-state index is 0.0452. The maximum Gasteiger partial charge on any atom is 0.238 e. The van der Waals surface area contributed by atoms with Gasteiger partial charge < -0.3 is 25.7 Å². The average molecular weight is 596 g/mol. The van der Waals surface area contributed by atoms with E-state index in [1.165, 1.54) is 0 Å². The van der Waals surface area contributed by atoms with Crippen LogP contribution in [0.2, 0.25) is 0 Å². The van der Waals surface area contributed by atoms with Gasteiger partial charge in [0.15, 0.2) is 5.82 Å². The number of nitrogens with one attached hydrogen (secondary N) is 4. The topological polar surface area (TPSA) is 151 Å². The highest BCUT2D eigenvalue weighted by Crippen LogP contribution is 2.33. The number of carbonyl (C=O) groups is 1. The van der Waals surface area contributed by atoms with Gasteiger partial charge in [-0.2, -0.15) is 10.1 Å². The van der Waals surface area contributed by atoms with Gasteiger partial charge in [0.05, 0.1) is 23.4 Å². The molecule has 1 amide bonds. The van der Waals surface area contributed by atoms with E-state index in [1.807, 2.05) is 65.2 Å². The van der Waals surface area contributed by atoms with Crippen molar-refractivity contribution < 1.29 is 9.53 Å². The fourth-order valence-electron chi connectivity index (χ4n) is 5.30. The van der Waals surface area contributed by atoms with Crippen LogP contribution in [0.15, 0.2) is 48.9 Å². The van der Waals surface area contributed by atoms with E-state index in [0.29, 0.717) is 35.8 Å². The molecule has 5 aromatic rings. The molecule has 1 fully saturated rings. The number of H-pyrrole nitrogens is 1. The third-order valence-electron chi connectivity index (χ3n) is 7.50. The van der Waals surface area contributed by atoms with Crippen LogP contribution in [0.5, 0.6) is 5.88 Å². The maximum atomic E-state index is 13.1. The first kappa shape index (κ1) is 29.1. The molecular formula is C31H37N11O2. The van der Waals surface area contributed by atoms with E-state index in [0.717, 1.165) is 46.4 Å². The van der Waals surface area contributed by atoms with Gasteiger partial charge in [-0.25, -0.2) is 15.0 Å². The van der Waals surface area contributed by atoms with Crippen molar-refractivity contribution in [3.8, 4) is 17.1 Å². The maximum absolute atomic E-state index is 13.1. The van der Waals surface area contributed by atoms with Gasteiger partial charge in [-0.05, 0) is 45.7 Å². The summed E-state index contributed by atoms with van der Waals surface area (Å²) in [7, 11) is 1.89. The van der Waals surface area contributed by atoms with Crippen LogP contribution in [0, 0.1) is 13.8 Å². The molecular weight excluding hydrogens is 558 g/mol. The third kappa shape index (κ3) is 6.47. The molecule has 6 rings (SSSR count). The lowest BCUT2D eigenvalue weighted by atomic mass is 10.1. The molecule has 0 aliphatic carbocycles. The Morgan fingerprint density at radius 1 is 1.16 bits per heavy atom. The van der Waals surface area contributed by atoms with Gasteiger partial charge in [0.25, 0.3) is 0 Å². The number of aromatic amines is 1. The highest BCUT2D eigenvalue weighted by molar-refractivity contribution is 6.06. The number of likely N-dealkylation sites (tertiary alicyclic amines) is 1. The monoisotopic (exact) mass is 595 g/mol. The van der Waals surface area contributed by atoms with Crippen LogP contribution < -0.4 is 20.7 Å². The van der Waals surface area contributed by atoms with Crippen molar-refractivity contribution in [1.29, 1.82) is 0 Å². The zero-order valence-electron chi connectivity index (χ0n) is 25.5. The summed E-state index contributed by atoms with van der Waals surface area (Å²) in [6.45, 7) is 9.70. The molecule has 1 aliphatic heterocycles. The summed E-state index contributed by atoms with van der Waals surface area (Å²) in [5.74, 6) is 2.13. The Hall–Kier alpha value is -5.04. The van der Waals surface area contributed by atoms with E-state index in [9.17, 15) is 4.79 Å². The van der Waals surface area contributed by atoms with E-state index in [2.05, 4.69) is 45.9 Å². The molecule has 0 bridgehead atoms. The lowest BCUT2D eigenvalue weighted by Gasteiger charge is -2.17. The molecule has 0 radical (unpaired) electrons. The van der Waals surface area contributed by atoms with Gasteiger partial charge >= 0.3 is 0 Å². The van der Waals surface area contributed by atoms with Crippen molar-refractivity contribution in [3.05, 3.63) is 60.2 Å². The van der Waals surface area contributed by atoms with Crippen molar-refractivity contribution >= 4 is 40.2 Å². The zero-order valence-corrected chi connectivity index (χ0v) is 25.5. The highest BCUT2D eigenvalue weighted by atomic mass is 16.5. The van der Waals surface area contributed by atoms with Crippen LogP contribution in [0.25, 0.3) is 22.2 Å². The number of aryl methyl sites for hydroxylation is 3. The smallest absolute Gasteiger partial charge is 0.238 e. The summed E-state index contributed by atoms with van der Waals surface area (Å²) in [6.07, 6.45) is 6.17. The Bertz CT molecular complexity index is 1780. The predicted octanol–water partition coefficient (Wildman–Crippen LogP) is 4.42. The van der Waals surface area contributed by atoms with Crippen LogP contribution in [0.1, 0.15) is 31.5 Å². The number of amides is 1. The second-order valence-corrected chi connectivity index (χ2v) is 11.4. The van der Waals surface area contributed by atoms with Crippen LogP contribution in [-0.2, 0) is 11.8 Å². The summed E-state index contributed by atoms with van der Waals surface area (Å²) >= 11 is 0. The number of fused-ring (bicyclic) bond motifs is 1. The highest BCUT2D eigenvalue weighted by Gasteiger charge is 2.26. The first-order valence-electron chi connectivity index (χ1n) is 14.7. The molecule has 1 aromatic carbocycles. The van der Waals surface area contributed by atoms with Gasteiger partial charge in [-0.15, -0.1) is 0 Å². The average Bonchev–Trinajstić information content (AvgIpc) is 3.69. The predicted molar refractivity (Wildman–Crippen MR) is 170 cm³/mol. The summed E-state index contributed by atoms with van der Waals surface area (Å²) in [4.78, 5) is 36.5. The Morgan fingerprint density at radius 3 is 2.82 bits per heavy atom. The third-order valence-corrected chi connectivity index (χ3v) is 7.50. The van der Waals surface area contributed by atoms with E-state index in [1.54, 1.807) is 23.1 Å². The molecule has 5 heterocycles. The molecule has 13 heteroatoms. The lowest BCUT2D eigenvalue weighted by molar-refractivity contribution is -0.117. The number of rotatable bonds is 10. The Balaban J connectivity index is 1.11. The molecule has 1 aliphatic rings. The van der Waals surface area contributed by atoms with Gasteiger partial charge in [0.1, 0.15) is 6.10 Å².